The fourth-order valence-corrected chi connectivity index (χ4v) is 1.91. The second-order valence-electron chi connectivity index (χ2n) is 4.11. The maximum Gasteiger partial charge on any atom is 0.247 e. The minimum absolute atomic E-state index is 0.138. The van der Waals surface area contributed by atoms with Crippen LogP contribution >= 0.6 is 22.6 Å². The molecule has 0 radical (unpaired) electrons. The van der Waals surface area contributed by atoms with Crippen molar-refractivity contribution in [3.63, 3.8) is 0 Å². The van der Waals surface area contributed by atoms with Gasteiger partial charge >= 0.3 is 0 Å². The summed E-state index contributed by atoms with van der Waals surface area (Å²) in [7, 11) is 0. The number of carbonyl (C=O) groups excluding carboxylic acids is 1. The van der Waals surface area contributed by atoms with Gasteiger partial charge in [-0.05, 0) is 36.4 Å². The molecule has 94 valence electrons. The Morgan fingerprint density at radius 3 is 2.59 bits per heavy atom. The molecule has 0 spiro atoms. The fourth-order valence-electron chi connectivity index (χ4n) is 1.57. The molecule has 0 aliphatic heterocycles. The summed E-state index contributed by atoms with van der Waals surface area (Å²) in [6.07, 6.45) is 0.138. The average Bonchev–Trinajstić information content (AvgIpc) is 2.44. The molecule has 1 rings (SSSR count). The Morgan fingerprint density at radius 1 is 1.59 bits per heavy atom. The average molecular weight is 351 g/mol. The number of aromatic nitrogens is 2. The van der Waals surface area contributed by atoms with E-state index in [0.717, 1.165) is 15.0 Å². The topological polar surface area (TPSA) is 78.0 Å². The molecule has 0 N–H and O–H groups in total. The van der Waals surface area contributed by atoms with E-state index in [2.05, 4.69) is 27.7 Å². The normalized spacial score (nSPS) is 12.5. The molecule has 1 heterocycles. The van der Waals surface area contributed by atoms with E-state index < -0.39 is 4.92 Å². The summed E-state index contributed by atoms with van der Waals surface area (Å²) in [4.78, 5) is 21.8. The standard InChI is InChI=1S/C10H14IN3O3/c1-6(5-13(16)17)4-9(15)14-8(3)10(11)7(2)12-14/h6H,4-5H2,1-3H3. The molecule has 0 bridgehead atoms. The summed E-state index contributed by atoms with van der Waals surface area (Å²) in [5, 5.41) is 14.5. The molecule has 0 fully saturated rings. The zero-order valence-corrected chi connectivity index (χ0v) is 12.1. The van der Waals surface area contributed by atoms with E-state index in [1.807, 2.05) is 13.8 Å². The third-order valence-corrected chi connectivity index (χ3v) is 3.98. The zero-order valence-electron chi connectivity index (χ0n) is 9.94. The highest BCUT2D eigenvalue weighted by Gasteiger charge is 2.19. The fraction of sp³-hybridized carbons (Fsp3) is 0.600. The Balaban J connectivity index is 2.76. The van der Waals surface area contributed by atoms with E-state index in [1.54, 1.807) is 6.92 Å². The van der Waals surface area contributed by atoms with Crippen molar-refractivity contribution in [2.45, 2.75) is 27.2 Å². The van der Waals surface area contributed by atoms with Gasteiger partial charge in [0.25, 0.3) is 0 Å². The minimum atomic E-state index is -0.400. The van der Waals surface area contributed by atoms with E-state index in [1.165, 1.54) is 4.68 Å². The molecule has 0 amide bonds. The lowest BCUT2D eigenvalue weighted by Gasteiger charge is -2.06. The Labute approximate surface area is 113 Å². The highest BCUT2D eigenvalue weighted by Crippen LogP contribution is 2.16. The van der Waals surface area contributed by atoms with Crippen LogP contribution in [0.4, 0.5) is 0 Å². The highest BCUT2D eigenvalue weighted by molar-refractivity contribution is 14.1. The lowest BCUT2D eigenvalue weighted by atomic mass is 10.1. The van der Waals surface area contributed by atoms with Crippen LogP contribution in [0.1, 0.15) is 29.5 Å². The highest BCUT2D eigenvalue weighted by atomic mass is 127. The number of nitro groups is 1. The van der Waals surface area contributed by atoms with Gasteiger partial charge in [-0.25, -0.2) is 4.68 Å². The maximum atomic E-state index is 11.9. The quantitative estimate of drug-likeness (QED) is 0.473. The van der Waals surface area contributed by atoms with Crippen LogP contribution in [-0.2, 0) is 0 Å². The van der Waals surface area contributed by atoms with Gasteiger partial charge < -0.3 is 0 Å². The second-order valence-corrected chi connectivity index (χ2v) is 5.19. The van der Waals surface area contributed by atoms with Gasteiger partial charge in [-0.3, -0.25) is 14.9 Å². The van der Waals surface area contributed by atoms with E-state index in [0.29, 0.717) is 0 Å². The number of nitrogens with zero attached hydrogens (tertiary/aromatic N) is 3. The van der Waals surface area contributed by atoms with Crippen molar-refractivity contribution in [1.29, 1.82) is 0 Å². The Bertz CT molecular complexity index is 456. The number of aryl methyl sites for hydroxylation is 1. The molecule has 0 aliphatic rings. The van der Waals surface area contributed by atoms with Gasteiger partial charge in [0.2, 0.25) is 12.5 Å². The number of rotatable bonds is 4. The van der Waals surface area contributed by atoms with Gasteiger partial charge in [0.05, 0.1) is 15.0 Å². The van der Waals surface area contributed by atoms with Gasteiger partial charge in [0, 0.05) is 17.3 Å². The van der Waals surface area contributed by atoms with Gasteiger partial charge in [-0.15, -0.1) is 0 Å². The van der Waals surface area contributed by atoms with E-state index in [9.17, 15) is 14.9 Å². The summed E-state index contributed by atoms with van der Waals surface area (Å²) in [6.45, 7) is 5.15. The molecule has 0 saturated heterocycles. The first-order valence-electron chi connectivity index (χ1n) is 5.19. The first-order chi connectivity index (χ1) is 7.82. The third-order valence-electron chi connectivity index (χ3n) is 2.42. The van der Waals surface area contributed by atoms with Gasteiger partial charge in [0.15, 0.2) is 0 Å². The molecule has 0 aromatic carbocycles. The van der Waals surface area contributed by atoms with Crippen molar-refractivity contribution < 1.29 is 9.72 Å². The van der Waals surface area contributed by atoms with Crippen LogP contribution in [0, 0.1) is 33.4 Å². The molecule has 7 heteroatoms. The maximum absolute atomic E-state index is 11.9. The smallest absolute Gasteiger partial charge is 0.247 e. The molecule has 1 unspecified atom stereocenters. The van der Waals surface area contributed by atoms with Gasteiger partial charge in [-0.2, -0.15) is 5.10 Å². The first kappa shape index (κ1) is 14.1. The summed E-state index contributed by atoms with van der Waals surface area (Å²) in [6, 6.07) is 0. The number of carbonyl (C=O) groups is 1. The number of hydrogen-bond donors (Lipinski definition) is 0. The molecule has 0 aliphatic carbocycles. The zero-order chi connectivity index (χ0) is 13.2. The van der Waals surface area contributed by atoms with Crippen LogP contribution in [0.15, 0.2) is 0 Å². The van der Waals surface area contributed by atoms with Crippen molar-refractivity contribution in [3.05, 3.63) is 25.1 Å². The summed E-state index contributed by atoms with van der Waals surface area (Å²) < 4.78 is 2.30. The van der Waals surface area contributed by atoms with Gasteiger partial charge in [-0.1, -0.05) is 6.92 Å². The first-order valence-corrected chi connectivity index (χ1v) is 6.27. The minimum Gasteiger partial charge on any atom is -0.273 e. The molecule has 1 aromatic heterocycles. The second kappa shape index (κ2) is 5.56. The SMILES string of the molecule is Cc1nn(C(=O)CC(C)C[N+](=O)[O-])c(C)c1I. The Morgan fingerprint density at radius 2 is 2.18 bits per heavy atom. The van der Waals surface area contributed by atoms with Crippen molar-refractivity contribution in [2.24, 2.45) is 5.92 Å². The van der Waals surface area contributed by atoms with Crippen LogP contribution in [0.3, 0.4) is 0 Å². The van der Waals surface area contributed by atoms with Crippen molar-refractivity contribution in [3.8, 4) is 0 Å². The van der Waals surface area contributed by atoms with Crippen LogP contribution in [0.2, 0.25) is 0 Å². The molecule has 1 aromatic rings. The van der Waals surface area contributed by atoms with Crippen LogP contribution in [-0.4, -0.2) is 27.2 Å². The Hall–Kier alpha value is -0.990. The third kappa shape index (κ3) is 3.48. The van der Waals surface area contributed by atoms with Crippen LogP contribution in [0.25, 0.3) is 0 Å². The van der Waals surface area contributed by atoms with Crippen molar-refractivity contribution >= 4 is 28.5 Å². The summed E-state index contributed by atoms with van der Waals surface area (Å²) in [5.74, 6) is -0.470. The molecule has 0 saturated carbocycles. The lowest BCUT2D eigenvalue weighted by Crippen LogP contribution is -2.21. The molecular weight excluding hydrogens is 337 g/mol. The molecule has 6 nitrogen and oxygen atoms in total. The summed E-state index contributed by atoms with van der Waals surface area (Å²) >= 11 is 2.13. The number of halogens is 1. The van der Waals surface area contributed by atoms with Gasteiger partial charge in [0.1, 0.15) is 0 Å². The summed E-state index contributed by atoms with van der Waals surface area (Å²) in [5.41, 5.74) is 1.60. The van der Waals surface area contributed by atoms with Crippen LogP contribution in [0.5, 0.6) is 0 Å². The van der Waals surface area contributed by atoms with Crippen molar-refractivity contribution in [1.82, 2.24) is 9.78 Å². The molecule has 17 heavy (non-hydrogen) atoms. The molecular formula is C10H14IN3O3. The van der Waals surface area contributed by atoms with E-state index >= 15 is 0 Å². The monoisotopic (exact) mass is 351 g/mol. The van der Waals surface area contributed by atoms with Crippen molar-refractivity contribution in [2.75, 3.05) is 6.54 Å². The number of hydrogen-bond acceptors (Lipinski definition) is 4. The Kier molecular flexibility index (Phi) is 4.61. The molecule has 1 atom stereocenters. The lowest BCUT2D eigenvalue weighted by molar-refractivity contribution is -0.487. The predicted molar refractivity (Wildman–Crippen MR) is 70.7 cm³/mol. The largest absolute Gasteiger partial charge is 0.273 e. The predicted octanol–water partition coefficient (Wildman–Crippen LogP) is 2.05. The van der Waals surface area contributed by atoms with Crippen LogP contribution < -0.4 is 0 Å². The van der Waals surface area contributed by atoms with E-state index in [4.69, 9.17) is 0 Å². The van der Waals surface area contributed by atoms with E-state index in [-0.39, 0.29) is 24.8 Å².